The average Bonchev–Trinajstić information content (AvgIpc) is 2.70. The molecule has 1 atom stereocenters. The zero-order chi connectivity index (χ0) is 20.0. The van der Waals surface area contributed by atoms with Gasteiger partial charge in [0.1, 0.15) is 5.75 Å². The molecule has 1 aliphatic rings. The Kier molecular flexibility index (Phi) is 6.70. The summed E-state index contributed by atoms with van der Waals surface area (Å²) in [5.74, 6) is 0.811. The Morgan fingerprint density at radius 3 is 2.36 bits per heavy atom. The molecule has 2 aromatic carbocycles. The number of β-amino-alcohol motifs (C(OH)–C–C–N with tert-alkyl or cyclic N) is 1. The lowest BCUT2D eigenvalue weighted by atomic mass is 9.80. The van der Waals surface area contributed by atoms with E-state index in [1.165, 1.54) is 0 Å². The highest BCUT2D eigenvalue weighted by Gasteiger charge is 2.37. The summed E-state index contributed by atoms with van der Waals surface area (Å²) in [5, 5.41) is 13.8. The van der Waals surface area contributed by atoms with Gasteiger partial charge in [0.15, 0.2) is 0 Å². The third-order valence-corrected chi connectivity index (χ3v) is 5.46. The lowest BCUT2D eigenvalue weighted by molar-refractivity contribution is -0.121. The molecule has 0 saturated carbocycles. The van der Waals surface area contributed by atoms with E-state index in [4.69, 9.17) is 4.74 Å². The summed E-state index contributed by atoms with van der Waals surface area (Å²) in [7, 11) is 0. The van der Waals surface area contributed by atoms with Crippen molar-refractivity contribution in [2.75, 3.05) is 26.2 Å². The number of rotatable bonds is 7. The molecule has 5 heteroatoms. The number of likely N-dealkylation sites (tertiary alicyclic amines) is 1. The summed E-state index contributed by atoms with van der Waals surface area (Å²) in [6.45, 7) is 6.39. The van der Waals surface area contributed by atoms with Crippen LogP contribution in [0.2, 0.25) is 0 Å². The third kappa shape index (κ3) is 4.91. The molecular formula is C23H30N2O3. The van der Waals surface area contributed by atoms with Crippen LogP contribution in [0.15, 0.2) is 54.6 Å². The van der Waals surface area contributed by atoms with Crippen molar-refractivity contribution < 1.29 is 14.6 Å². The van der Waals surface area contributed by atoms with Gasteiger partial charge in [-0.3, -0.25) is 4.79 Å². The minimum absolute atomic E-state index is 0.00766. The maximum absolute atomic E-state index is 11.8. The van der Waals surface area contributed by atoms with Crippen LogP contribution in [0.3, 0.4) is 0 Å². The van der Waals surface area contributed by atoms with Crippen molar-refractivity contribution in [3.63, 3.8) is 0 Å². The summed E-state index contributed by atoms with van der Waals surface area (Å²) in [6, 6.07) is 17.8. The first kappa shape index (κ1) is 20.4. The van der Waals surface area contributed by atoms with Gasteiger partial charge in [-0.15, -0.1) is 0 Å². The molecule has 2 aromatic rings. The predicted molar refractivity (Wildman–Crippen MR) is 110 cm³/mol. The highest BCUT2D eigenvalue weighted by Crippen LogP contribution is 2.33. The van der Waals surface area contributed by atoms with Gasteiger partial charge in [0, 0.05) is 26.6 Å². The van der Waals surface area contributed by atoms with Crippen LogP contribution in [-0.4, -0.2) is 42.2 Å². The van der Waals surface area contributed by atoms with Crippen molar-refractivity contribution in [3.05, 3.63) is 65.7 Å². The van der Waals surface area contributed by atoms with Crippen molar-refractivity contribution in [2.24, 2.45) is 0 Å². The van der Waals surface area contributed by atoms with E-state index in [0.717, 1.165) is 42.8 Å². The molecule has 150 valence electrons. The summed E-state index contributed by atoms with van der Waals surface area (Å²) in [4.78, 5) is 14.1. The first-order valence-electron chi connectivity index (χ1n) is 10.00. The summed E-state index contributed by atoms with van der Waals surface area (Å²) in [6.07, 6.45) is 1.11. The van der Waals surface area contributed by atoms with Crippen LogP contribution < -0.4 is 10.1 Å². The number of benzene rings is 2. The Labute approximate surface area is 167 Å². The molecule has 28 heavy (non-hydrogen) atoms. The second-order valence-corrected chi connectivity index (χ2v) is 7.45. The zero-order valence-electron chi connectivity index (χ0n) is 16.7. The van der Waals surface area contributed by atoms with Gasteiger partial charge in [-0.1, -0.05) is 42.5 Å². The molecule has 1 amide bonds. The van der Waals surface area contributed by atoms with E-state index < -0.39 is 6.10 Å². The molecule has 3 rings (SSSR count). The van der Waals surface area contributed by atoms with Crippen LogP contribution >= 0.6 is 0 Å². The lowest BCUT2D eigenvalue weighted by Gasteiger charge is -2.43. The number of amides is 1. The molecular weight excluding hydrogens is 352 g/mol. The van der Waals surface area contributed by atoms with E-state index in [-0.39, 0.29) is 11.4 Å². The van der Waals surface area contributed by atoms with Gasteiger partial charge in [-0.25, -0.2) is 0 Å². The number of aliphatic hydroxyl groups is 1. The van der Waals surface area contributed by atoms with Crippen molar-refractivity contribution in [3.8, 4) is 5.75 Å². The average molecular weight is 383 g/mol. The van der Waals surface area contributed by atoms with Crippen molar-refractivity contribution in [1.29, 1.82) is 0 Å². The van der Waals surface area contributed by atoms with Crippen LogP contribution in [0, 0.1) is 0 Å². The molecule has 2 N–H and O–H groups in total. The van der Waals surface area contributed by atoms with Gasteiger partial charge in [-0.05, 0) is 43.0 Å². The molecule has 1 fully saturated rings. The molecule has 1 aliphatic heterocycles. The Hall–Kier alpha value is -2.37. The highest BCUT2D eigenvalue weighted by molar-refractivity contribution is 5.74. The number of ether oxygens (including phenoxy) is 1. The van der Waals surface area contributed by atoms with Crippen LogP contribution in [-0.2, 0) is 10.3 Å². The zero-order valence-corrected chi connectivity index (χ0v) is 16.7. The topological polar surface area (TPSA) is 61.8 Å². The molecule has 0 aromatic heterocycles. The Morgan fingerprint density at radius 2 is 1.79 bits per heavy atom. The number of nitrogens with one attached hydrogen (secondary N) is 1. The molecule has 0 spiro atoms. The normalized spacial score (nSPS) is 17.7. The maximum Gasteiger partial charge on any atom is 0.217 e. The number of nitrogens with zero attached hydrogens (tertiary/aromatic N) is 1. The van der Waals surface area contributed by atoms with Gasteiger partial charge >= 0.3 is 0 Å². The van der Waals surface area contributed by atoms with E-state index in [1.807, 2.05) is 49.4 Å². The van der Waals surface area contributed by atoms with Gasteiger partial charge in [0.2, 0.25) is 5.91 Å². The van der Waals surface area contributed by atoms with Crippen molar-refractivity contribution in [2.45, 2.75) is 38.3 Å². The second kappa shape index (κ2) is 9.22. The summed E-state index contributed by atoms with van der Waals surface area (Å²) in [5.41, 5.74) is 1.72. The summed E-state index contributed by atoms with van der Waals surface area (Å²) < 4.78 is 5.46. The van der Waals surface area contributed by atoms with E-state index in [0.29, 0.717) is 13.2 Å². The molecule has 0 aliphatic carbocycles. The first-order chi connectivity index (χ1) is 13.5. The van der Waals surface area contributed by atoms with Crippen LogP contribution in [0.1, 0.15) is 43.9 Å². The smallest absolute Gasteiger partial charge is 0.217 e. The first-order valence-corrected chi connectivity index (χ1v) is 10.00. The minimum Gasteiger partial charge on any atom is -0.494 e. The number of carbonyl (C=O) groups is 1. The fourth-order valence-corrected chi connectivity index (χ4v) is 4.00. The van der Waals surface area contributed by atoms with E-state index in [2.05, 4.69) is 22.3 Å². The van der Waals surface area contributed by atoms with Gasteiger partial charge in [-0.2, -0.15) is 0 Å². The van der Waals surface area contributed by atoms with Crippen LogP contribution in [0.25, 0.3) is 0 Å². The highest BCUT2D eigenvalue weighted by atomic mass is 16.5. The second-order valence-electron chi connectivity index (χ2n) is 7.45. The van der Waals surface area contributed by atoms with Gasteiger partial charge in [0.25, 0.3) is 0 Å². The van der Waals surface area contributed by atoms with Gasteiger partial charge < -0.3 is 20.1 Å². The fraction of sp³-hybridized carbons (Fsp3) is 0.435. The van der Waals surface area contributed by atoms with Crippen molar-refractivity contribution >= 4 is 5.91 Å². The Balaban J connectivity index is 1.62. The largest absolute Gasteiger partial charge is 0.494 e. The Bertz CT molecular complexity index is 753. The van der Waals surface area contributed by atoms with Crippen molar-refractivity contribution in [1.82, 2.24) is 10.2 Å². The molecule has 1 heterocycles. The van der Waals surface area contributed by atoms with Gasteiger partial charge in [0.05, 0.1) is 18.2 Å². The van der Waals surface area contributed by atoms with Crippen LogP contribution in [0.5, 0.6) is 5.75 Å². The predicted octanol–water partition coefficient (Wildman–Crippen LogP) is 3.25. The third-order valence-electron chi connectivity index (χ3n) is 5.46. The lowest BCUT2D eigenvalue weighted by Crippen LogP contribution is -2.53. The SMILES string of the molecule is CCOc1ccc(C(O)CN2CCC(NC(C)=O)(c3ccccc3)CC2)cc1. The molecule has 1 saturated heterocycles. The maximum atomic E-state index is 11.8. The quantitative estimate of drug-likeness (QED) is 0.772. The molecule has 0 radical (unpaired) electrons. The number of piperidine rings is 1. The molecule has 5 nitrogen and oxygen atoms in total. The van der Waals surface area contributed by atoms with Crippen LogP contribution in [0.4, 0.5) is 0 Å². The van der Waals surface area contributed by atoms with E-state index in [1.54, 1.807) is 6.92 Å². The van der Waals surface area contributed by atoms with E-state index in [9.17, 15) is 9.90 Å². The Morgan fingerprint density at radius 1 is 1.14 bits per heavy atom. The minimum atomic E-state index is -0.541. The van der Waals surface area contributed by atoms with E-state index >= 15 is 0 Å². The fourth-order valence-electron chi connectivity index (χ4n) is 4.00. The standard InChI is InChI=1S/C23H30N2O3/c1-3-28-21-11-9-19(10-12-21)22(27)17-25-15-13-23(14-16-25,24-18(2)26)20-7-5-4-6-8-20/h4-12,22,27H,3,13-17H2,1-2H3,(H,24,26). The number of aliphatic hydroxyl groups excluding tert-OH is 1. The number of hydrogen-bond donors (Lipinski definition) is 2. The molecule has 0 bridgehead atoms. The number of carbonyl (C=O) groups excluding carboxylic acids is 1. The summed E-state index contributed by atoms with van der Waals surface area (Å²) >= 11 is 0. The number of hydrogen-bond acceptors (Lipinski definition) is 4. The molecule has 1 unspecified atom stereocenters. The monoisotopic (exact) mass is 382 g/mol.